The SMILES string of the molecule is C=NOCC(=O)N1CCN(Cc2ccc(Cn3ccc4nc(N)nc(NCCCCC)c43)c(C)c2)CC1. The number of nitrogens with one attached hydrogen (secondary N) is 1. The second-order valence-corrected chi connectivity index (χ2v) is 9.56. The number of hydrogen-bond donors (Lipinski definition) is 2. The Morgan fingerprint density at radius 3 is 2.70 bits per heavy atom. The van der Waals surface area contributed by atoms with E-state index in [0.29, 0.717) is 13.1 Å². The maximum Gasteiger partial charge on any atom is 0.263 e. The van der Waals surface area contributed by atoms with E-state index >= 15 is 0 Å². The minimum Gasteiger partial charge on any atom is -0.386 e. The van der Waals surface area contributed by atoms with Gasteiger partial charge in [0.25, 0.3) is 5.91 Å². The standard InChI is InChI=1S/C27H38N8O2/c1-4-5-6-10-30-26-25-23(31-27(28)32-26)9-11-35(25)18-22-8-7-21(16-20(22)2)17-33-12-14-34(15-13-33)24(36)19-37-29-3/h7-9,11,16H,3-6,10,12-15,17-19H2,1-2H3,(H3,28,30,31,32). The number of nitrogens with two attached hydrogens (primary N) is 1. The first-order chi connectivity index (χ1) is 18.0. The highest BCUT2D eigenvalue weighted by Gasteiger charge is 2.21. The molecule has 198 valence electrons. The normalized spacial score (nSPS) is 14.2. The molecule has 0 atom stereocenters. The molecule has 1 aromatic carbocycles. The Labute approximate surface area is 218 Å². The smallest absolute Gasteiger partial charge is 0.263 e. The number of nitrogens with zero attached hydrogens (tertiary/aromatic N) is 6. The van der Waals surface area contributed by atoms with Crippen molar-refractivity contribution in [1.29, 1.82) is 0 Å². The van der Waals surface area contributed by atoms with Crippen molar-refractivity contribution in [3.8, 4) is 0 Å². The molecule has 0 unspecified atom stereocenters. The number of carbonyl (C=O) groups is 1. The van der Waals surface area contributed by atoms with E-state index < -0.39 is 0 Å². The minimum atomic E-state index is -0.0449. The third kappa shape index (κ3) is 6.76. The van der Waals surface area contributed by atoms with Crippen molar-refractivity contribution in [1.82, 2.24) is 24.3 Å². The summed E-state index contributed by atoms with van der Waals surface area (Å²) in [5.74, 6) is 1.04. The molecule has 3 heterocycles. The lowest BCUT2D eigenvalue weighted by atomic mass is 10.0. The summed E-state index contributed by atoms with van der Waals surface area (Å²) in [6.45, 7) is 13.1. The molecule has 0 aliphatic carbocycles. The van der Waals surface area contributed by atoms with Crippen LogP contribution in [0.1, 0.15) is 42.9 Å². The van der Waals surface area contributed by atoms with Gasteiger partial charge in [0.1, 0.15) is 5.52 Å². The van der Waals surface area contributed by atoms with Gasteiger partial charge in [-0.1, -0.05) is 38.0 Å². The van der Waals surface area contributed by atoms with Crippen molar-refractivity contribution in [2.75, 3.05) is 50.4 Å². The fourth-order valence-electron chi connectivity index (χ4n) is 4.78. The Morgan fingerprint density at radius 2 is 1.97 bits per heavy atom. The maximum atomic E-state index is 12.1. The van der Waals surface area contributed by atoms with Crippen molar-refractivity contribution in [3.63, 3.8) is 0 Å². The van der Waals surface area contributed by atoms with Crippen LogP contribution in [0, 0.1) is 6.92 Å². The van der Waals surface area contributed by atoms with Crippen molar-refractivity contribution in [2.24, 2.45) is 5.16 Å². The highest BCUT2D eigenvalue weighted by Crippen LogP contribution is 2.25. The number of aryl methyl sites for hydroxylation is 1. The van der Waals surface area contributed by atoms with Gasteiger partial charge in [0.05, 0.1) is 5.52 Å². The van der Waals surface area contributed by atoms with E-state index in [1.807, 2.05) is 11.0 Å². The molecule has 3 N–H and O–H groups in total. The van der Waals surface area contributed by atoms with Crippen molar-refractivity contribution < 1.29 is 9.63 Å². The zero-order chi connectivity index (χ0) is 26.2. The van der Waals surface area contributed by atoms with Gasteiger partial charge in [-0.3, -0.25) is 9.69 Å². The minimum absolute atomic E-state index is 0.0443. The van der Waals surface area contributed by atoms with Gasteiger partial charge in [0.2, 0.25) is 5.95 Å². The number of rotatable bonds is 12. The van der Waals surface area contributed by atoms with Crippen LogP contribution < -0.4 is 11.1 Å². The third-order valence-corrected chi connectivity index (χ3v) is 6.86. The molecule has 1 fully saturated rings. The topological polar surface area (TPSA) is 114 Å². The van der Waals surface area contributed by atoms with Crippen LogP contribution in [0.5, 0.6) is 0 Å². The lowest BCUT2D eigenvalue weighted by Crippen LogP contribution is -2.49. The van der Waals surface area contributed by atoms with Gasteiger partial charge in [-0.25, -0.2) is 4.98 Å². The lowest BCUT2D eigenvalue weighted by Gasteiger charge is -2.34. The number of aromatic nitrogens is 3. The Hall–Kier alpha value is -3.66. The van der Waals surface area contributed by atoms with Crippen LogP contribution in [0.2, 0.25) is 0 Å². The summed E-state index contributed by atoms with van der Waals surface area (Å²) in [6, 6.07) is 8.68. The zero-order valence-corrected chi connectivity index (χ0v) is 21.9. The van der Waals surface area contributed by atoms with Gasteiger partial charge in [-0.2, -0.15) is 4.98 Å². The molecule has 0 spiro atoms. The summed E-state index contributed by atoms with van der Waals surface area (Å²) in [4.78, 5) is 30.0. The molecule has 10 heteroatoms. The molecule has 0 radical (unpaired) electrons. The second-order valence-electron chi connectivity index (χ2n) is 9.56. The average molecular weight is 507 g/mol. The molecule has 0 bridgehead atoms. The van der Waals surface area contributed by atoms with E-state index in [0.717, 1.165) is 56.0 Å². The first-order valence-corrected chi connectivity index (χ1v) is 13.0. The van der Waals surface area contributed by atoms with E-state index in [2.05, 4.69) is 74.9 Å². The Balaban J connectivity index is 1.40. The summed E-state index contributed by atoms with van der Waals surface area (Å²) >= 11 is 0. The van der Waals surface area contributed by atoms with Gasteiger partial charge < -0.3 is 25.4 Å². The van der Waals surface area contributed by atoms with E-state index in [-0.39, 0.29) is 18.5 Å². The fourth-order valence-corrected chi connectivity index (χ4v) is 4.78. The van der Waals surface area contributed by atoms with Crippen LogP contribution in [0.4, 0.5) is 11.8 Å². The predicted molar refractivity (Wildman–Crippen MR) is 148 cm³/mol. The number of nitrogen functional groups attached to an aromatic ring is 1. The lowest BCUT2D eigenvalue weighted by molar-refractivity contribution is -0.137. The molecule has 2 aromatic heterocycles. The molecule has 1 aliphatic rings. The summed E-state index contributed by atoms with van der Waals surface area (Å²) in [5.41, 5.74) is 11.6. The van der Waals surface area contributed by atoms with Crippen LogP contribution in [-0.4, -0.2) is 76.3 Å². The molecule has 1 amide bonds. The molecule has 1 saturated heterocycles. The number of hydrogen-bond acceptors (Lipinski definition) is 8. The van der Waals surface area contributed by atoms with Crippen LogP contribution >= 0.6 is 0 Å². The molecular formula is C27H38N8O2. The molecule has 4 rings (SSSR count). The van der Waals surface area contributed by atoms with E-state index in [4.69, 9.17) is 10.6 Å². The Bertz CT molecular complexity index is 1220. The number of oxime groups is 1. The summed E-state index contributed by atoms with van der Waals surface area (Å²) in [6.07, 6.45) is 5.50. The van der Waals surface area contributed by atoms with Gasteiger partial charge in [0.15, 0.2) is 12.4 Å². The molecule has 37 heavy (non-hydrogen) atoms. The van der Waals surface area contributed by atoms with Gasteiger partial charge >= 0.3 is 0 Å². The molecule has 10 nitrogen and oxygen atoms in total. The second kappa shape index (κ2) is 12.5. The number of amides is 1. The van der Waals surface area contributed by atoms with E-state index in [1.54, 1.807) is 0 Å². The average Bonchev–Trinajstić information content (AvgIpc) is 3.29. The zero-order valence-electron chi connectivity index (χ0n) is 21.9. The van der Waals surface area contributed by atoms with Crippen molar-refractivity contribution in [3.05, 3.63) is 47.2 Å². The molecule has 1 aliphatic heterocycles. The molecular weight excluding hydrogens is 468 g/mol. The Morgan fingerprint density at radius 1 is 1.16 bits per heavy atom. The number of piperazine rings is 1. The highest BCUT2D eigenvalue weighted by molar-refractivity contribution is 5.87. The Kier molecular flexibility index (Phi) is 8.95. The quantitative estimate of drug-likeness (QED) is 0.220. The molecule has 0 saturated carbocycles. The number of anilines is 2. The number of fused-ring (bicyclic) bond motifs is 1. The van der Waals surface area contributed by atoms with Crippen LogP contribution in [0.15, 0.2) is 35.6 Å². The summed E-state index contributed by atoms with van der Waals surface area (Å²) in [7, 11) is 0. The fraction of sp³-hybridized carbons (Fsp3) is 0.481. The monoisotopic (exact) mass is 506 g/mol. The van der Waals surface area contributed by atoms with Gasteiger partial charge in [0, 0.05) is 58.7 Å². The maximum absolute atomic E-state index is 12.1. The van der Waals surface area contributed by atoms with E-state index in [1.165, 1.54) is 29.5 Å². The third-order valence-electron chi connectivity index (χ3n) is 6.86. The largest absolute Gasteiger partial charge is 0.386 e. The van der Waals surface area contributed by atoms with Crippen LogP contribution in [0.3, 0.4) is 0 Å². The van der Waals surface area contributed by atoms with Crippen molar-refractivity contribution in [2.45, 2.75) is 46.2 Å². The summed E-state index contributed by atoms with van der Waals surface area (Å²) < 4.78 is 2.20. The van der Waals surface area contributed by atoms with Gasteiger partial charge in [-0.05, 0) is 36.1 Å². The van der Waals surface area contributed by atoms with Gasteiger partial charge in [-0.15, -0.1) is 5.16 Å². The van der Waals surface area contributed by atoms with Crippen LogP contribution in [-0.2, 0) is 22.7 Å². The number of unbranched alkanes of at least 4 members (excludes halogenated alkanes) is 2. The van der Waals surface area contributed by atoms with Crippen molar-refractivity contribution >= 4 is 35.4 Å². The predicted octanol–water partition coefficient (Wildman–Crippen LogP) is 3.25. The first kappa shape index (κ1) is 26.4. The first-order valence-electron chi connectivity index (χ1n) is 13.0. The van der Waals surface area contributed by atoms with Crippen LogP contribution in [0.25, 0.3) is 11.0 Å². The highest BCUT2D eigenvalue weighted by atomic mass is 16.6. The number of benzene rings is 1. The van der Waals surface area contributed by atoms with E-state index in [9.17, 15) is 4.79 Å². The summed E-state index contributed by atoms with van der Waals surface area (Å²) in [5, 5.41) is 6.76. The number of carbonyl (C=O) groups excluding carboxylic acids is 1. The molecule has 3 aromatic rings.